The molecule has 1 heterocycles. The van der Waals surface area contributed by atoms with E-state index in [1.165, 1.54) is 16.7 Å². The van der Waals surface area contributed by atoms with E-state index in [1.54, 1.807) is 4.68 Å². The molecule has 1 aromatic carbocycles. The van der Waals surface area contributed by atoms with Crippen LogP contribution in [-0.2, 0) is 13.5 Å². The van der Waals surface area contributed by atoms with Crippen LogP contribution in [-0.4, -0.2) is 20.9 Å². The van der Waals surface area contributed by atoms with Crippen LogP contribution in [0.15, 0.2) is 18.2 Å². The molecule has 0 fully saturated rings. The Morgan fingerprint density at radius 3 is 3.05 bits per heavy atom. The van der Waals surface area contributed by atoms with Crippen LogP contribution in [0.2, 0.25) is 0 Å². The van der Waals surface area contributed by atoms with Crippen molar-refractivity contribution in [3.63, 3.8) is 0 Å². The van der Waals surface area contributed by atoms with Gasteiger partial charge in [0.15, 0.2) is 5.69 Å². The van der Waals surface area contributed by atoms with Gasteiger partial charge in [0.2, 0.25) is 0 Å². The number of aryl methyl sites for hydroxylation is 2. The Bertz CT molecular complexity index is 715. The molecule has 2 aliphatic carbocycles. The zero-order chi connectivity index (χ0) is 13.1. The summed E-state index contributed by atoms with van der Waals surface area (Å²) >= 11 is 0. The topological polar surface area (TPSA) is 55.1 Å². The van der Waals surface area contributed by atoms with Gasteiger partial charge in [-0.3, -0.25) is 4.68 Å². The van der Waals surface area contributed by atoms with Crippen LogP contribution in [0.3, 0.4) is 0 Å². The van der Waals surface area contributed by atoms with Crippen LogP contribution >= 0.6 is 0 Å². The average Bonchev–Trinajstić information content (AvgIpc) is 2.90. The summed E-state index contributed by atoms with van der Waals surface area (Å²) in [7, 11) is 1.84. The van der Waals surface area contributed by atoms with Crippen molar-refractivity contribution >= 4 is 5.97 Å². The lowest BCUT2D eigenvalue weighted by atomic mass is 9.82. The first-order chi connectivity index (χ1) is 9.18. The first kappa shape index (κ1) is 10.8. The highest BCUT2D eigenvalue weighted by Gasteiger charge is 2.39. The number of hydrogen-bond acceptors (Lipinski definition) is 2. The maximum atomic E-state index is 11.4. The van der Waals surface area contributed by atoms with Crippen molar-refractivity contribution in [2.24, 2.45) is 7.05 Å². The molecule has 2 aromatic rings. The molecule has 0 saturated carbocycles. The van der Waals surface area contributed by atoms with Crippen LogP contribution < -0.4 is 0 Å². The molecule has 19 heavy (non-hydrogen) atoms. The summed E-state index contributed by atoms with van der Waals surface area (Å²) in [5.74, 6) is -0.688. The fourth-order valence-corrected chi connectivity index (χ4v) is 3.73. The van der Waals surface area contributed by atoms with Crippen LogP contribution in [0.5, 0.6) is 0 Å². The number of benzene rings is 1. The Balaban J connectivity index is 2.09. The van der Waals surface area contributed by atoms with Gasteiger partial charge in [0.05, 0.1) is 5.69 Å². The van der Waals surface area contributed by atoms with E-state index in [0.717, 1.165) is 30.5 Å². The molecule has 0 aliphatic heterocycles. The van der Waals surface area contributed by atoms with Gasteiger partial charge in [-0.15, -0.1) is 0 Å². The first-order valence-corrected chi connectivity index (χ1v) is 6.61. The molecule has 1 unspecified atom stereocenters. The molecule has 0 spiro atoms. The minimum Gasteiger partial charge on any atom is -0.476 e. The monoisotopic (exact) mass is 254 g/mol. The summed E-state index contributed by atoms with van der Waals surface area (Å²) < 4.78 is 1.73. The van der Waals surface area contributed by atoms with Gasteiger partial charge in [-0.05, 0) is 30.4 Å². The number of nitrogens with zero attached hydrogens (tertiary/aromatic N) is 2. The Morgan fingerprint density at radius 1 is 1.42 bits per heavy atom. The van der Waals surface area contributed by atoms with Gasteiger partial charge in [0, 0.05) is 24.1 Å². The number of aromatic carboxylic acids is 1. The molecule has 0 amide bonds. The van der Waals surface area contributed by atoms with E-state index in [4.69, 9.17) is 0 Å². The van der Waals surface area contributed by atoms with Gasteiger partial charge < -0.3 is 5.11 Å². The van der Waals surface area contributed by atoms with E-state index in [0.29, 0.717) is 0 Å². The predicted octanol–water partition coefficient (Wildman–Crippen LogP) is 2.57. The van der Waals surface area contributed by atoms with E-state index in [2.05, 4.69) is 23.3 Å². The molecule has 1 atom stereocenters. The molecule has 0 saturated heterocycles. The van der Waals surface area contributed by atoms with Crippen molar-refractivity contribution in [3.05, 3.63) is 40.6 Å². The molecule has 4 heteroatoms. The molecule has 0 radical (unpaired) electrons. The quantitative estimate of drug-likeness (QED) is 0.851. The summed E-state index contributed by atoms with van der Waals surface area (Å²) in [5.41, 5.74) is 6.06. The molecule has 96 valence electrons. The fraction of sp³-hybridized carbons (Fsp3) is 0.333. The van der Waals surface area contributed by atoms with Gasteiger partial charge in [-0.1, -0.05) is 18.2 Å². The highest BCUT2D eigenvalue weighted by Crippen LogP contribution is 2.51. The fourth-order valence-electron chi connectivity index (χ4n) is 3.73. The Morgan fingerprint density at radius 2 is 2.26 bits per heavy atom. The average molecular weight is 254 g/mol. The third-order valence-electron chi connectivity index (χ3n) is 4.37. The molecule has 0 bridgehead atoms. The largest absolute Gasteiger partial charge is 0.476 e. The van der Waals surface area contributed by atoms with E-state index >= 15 is 0 Å². The Kier molecular flexibility index (Phi) is 1.97. The molecule has 2 aliphatic rings. The summed E-state index contributed by atoms with van der Waals surface area (Å²) in [4.78, 5) is 11.4. The predicted molar refractivity (Wildman–Crippen MR) is 70.4 cm³/mol. The second-order valence-electron chi connectivity index (χ2n) is 5.36. The van der Waals surface area contributed by atoms with Crippen molar-refractivity contribution in [3.8, 4) is 11.3 Å². The Labute approximate surface area is 110 Å². The van der Waals surface area contributed by atoms with Crippen molar-refractivity contribution in [1.82, 2.24) is 9.78 Å². The third-order valence-corrected chi connectivity index (χ3v) is 4.37. The number of carboxylic acids is 1. The van der Waals surface area contributed by atoms with Crippen molar-refractivity contribution in [1.29, 1.82) is 0 Å². The summed E-state index contributed by atoms with van der Waals surface area (Å²) in [6.45, 7) is 0. The van der Waals surface area contributed by atoms with Gasteiger partial charge in [0.25, 0.3) is 0 Å². The number of aromatic nitrogens is 2. The van der Waals surface area contributed by atoms with Gasteiger partial charge in [0.1, 0.15) is 0 Å². The third kappa shape index (κ3) is 1.23. The lowest BCUT2D eigenvalue weighted by Gasteiger charge is -2.22. The highest BCUT2D eigenvalue weighted by molar-refractivity contribution is 5.93. The molecule has 4 nitrogen and oxygen atoms in total. The van der Waals surface area contributed by atoms with Gasteiger partial charge >= 0.3 is 5.97 Å². The van der Waals surface area contributed by atoms with Crippen LogP contribution in [0.25, 0.3) is 11.3 Å². The molecular weight excluding hydrogens is 240 g/mol. The van der Waals surface area contributed by atoms with Gasteiger partial charge in [-0.2, -0.15) is 5.10 Å². The lowest BCUT2D eigenvalue weighted by Crippen LogP contribution is -2.11. The second-order valence-corrected chi connectivity index (χ2v) is 5.36. The maximum absolute atomic E-state index is 11.4. The van der Waals surface area contributed by atoms with E-state index in [9.17, 15) is 9.90 Å². The molecular formula is C15H14N2O2. The van der Waals surface area contributed by atoms with E-state index < -0.39 is 5.97 Å². The molecule has 1 N–H and O–H groups in total. The van der Waals surface area contributed by atoms with Crippen LogP contribution in [0, 0.1) is 0 Å². The summed E-state index contributed by atoms with van der Waals surface area (Å²) in [5, 5.41) is 13.6. The zero-order valence-corrected chi connectivity index (χ0v) is 10.7. The smallest absolute Gasteiger partial charge is 0.356 e. The van der Waals surface area contributed by atoms with Crippen molar-refractivity contribution in [2.45, 2.75) is 25.2 Å². The lowest BCUT2D eigenvalue weighted by molar-refractivity contribution is 0.0688. The minimum atomic E-state index is -0.920. The van der Waals surface area contributed by atoms with Crippen LogP contribution in [0.4, 0.5) is 0 Å². The minimum absolute atomic E-state index is 0.228. The number of rotatable bonds is 1. The van der Waals surface area contributed by atoms with E-state index in [-0.39, 0.29) is 11.6 Å². The second kappa shape index (κ2) is 3.47. The SMILES string of the molecule is Cn1nc(C(=O)O)c2c1-c1cccc3c1C2CCC3. The van der Waals surface area contributed by atoms with Gasteiger partial charge in [-0.25, -0.2) is 4.79 Å². The highest BCUT2D eigenvalue weighted by atomic mass is 16.4. The number of carbonyl (C=O) groups is 1. The van der Waals surface area contributed by atoms with Crippen molar-refractivity contribution in [2.75, 3.05) is 0 Å². The first-order valence-electron chi connectivity index (χ1n) is 6.61. The normalized spacial score (nSPS) is 19.1. The molecule has 4 rings (SSSR count). The van der Waals surface area contributed by atoms with Crippen molar-refractivity contribution < 1.29 is 9.90 Å². The maximum Gasteiger partial charge on any atom is 0.356 e. The standard InChI is InChI=1S/C15H14N2O2/c1-17-14-10-7-3-5-8-4-2-6-9(11(8)10)12(14)13(16-17)15(18)19/h3,5,7,9H,2,4,6H2,1H3,(H,18,19). The Hall–Kier alpha value is -2.10. The van der Waals surface area contributed by atoms with E-state index in [1.807, 2.05) is 7.05 Å². The number of carboxylic acid groups (broad SMARTS) is 1. The number of fused-ring (bicyclic) bond motifs is 3. The molecule has 1 aromatic heterocycles. The summed E-state index contributed by atoms with van der Waals surface area (Å²) in [6, 6.07) is 6.33. The zero-order valence-electron chi connectivity index (χ0n) is 10.7. The van der Waals surface area contributed by atoms with Crippen LogP contribution in [0.1, 0.15) is 45.9 Å². The number of hydrogen-bond donors (Lipinski definition) is 1. The summed E-state index contributed by atoms with van der Waals surface area (Å²) in [6.07, 6.45) is 3.25.